The Balaban J connectivity index is 2.15. The molecule has 0 aliphatic heterocycles. The van der Waals surface area contributed by atoms with Crippen LogP contribution in [0, 0.1) is 11.3 Å². The van der Waals surface area contributed by atoms with E-state index in [1.54, 1.807) is 16.7 Å². The molecule has 0 fully saturated rings. The van der Waals surface area contributed by atoms with E-state index in [1.165, 1.54) is 12.0 Å². The van der Waals surface area contributed by atoms with Crippen LogP contribution < -0.4 is 0 Å². The summed E-state index contributed by atoms with van der Waals surface area (Å²) in [7, 11) is 0. The third-order valence-corrected chi connectivity index (χ3v) is 4.90. The lowest BCUT2D eigenvalue weighted by atomic mass is 9.55. The van der Waals surface area contributed by atoms with Crippen LogP contribution in [0.4, 0.5) is 0 Å². The van der Waals surface area contributed by atoms with Gasteiger partial charge in [-0.15, -0.1) is 0 Å². The Morgan fingerprint density at radius 2 is 1.74 bits per heavy atom. The summed E-state index contributed by atoms with van der Waals surface area (Å²) in [6.45, 7) is 11.8. The predicted molar refractivity (Wildman–Crippen MR) is 82.1 cm³/mol. The second kappa shape index (κ2) is 3.85. The van der Waals surface area contributed by atoms with Crippen molar-refractivity contribution in [1.29, 1.82) is 0 Å². The maximum Gasteiger partial charge on any atom is 0.0394 e. The molecule has 0 heteroatoms. The standard InChI is InChI=1S/C19H24/c1-6-13-12-15-17(18(2,3)4)16(13)19(15,5)14-10-8-7-9-11-14/h7-13H,6H2,1-5H3. The lowest BCUT2D eigenvalue weighted by Crippen LogP contribution is -2.40. The van der Waals surface area contributed by atoms with Gasteiger partial charge in [-0.1, -0.05) is 64.1 Å². The maximum absolute atomic E-state index is 2.53. The third-order valence-electron chi connectivity index (χ3n) is 4.90. The quantitative estimate of drug-likeness (QED) is 0.673. The molecule has 0 heterocycles. The molecule has 1 aromatic rings. The molecule has 2 atom stereocenters. The van der Waals surface area contributed by atoms with Crippen molar-refractivity contribution in [3.8, 4) is 0 Å². The first-order valence-corrected chi connectivity index (χ1v) is 7.44. The second-order valence-corrected chi connectivity index (χ2v) is 7.12. The van der Waals surface area contributed by atoms with E-state index >= 15 is 0 Å². The number of hydrogen-bond acceptors (Lipinski definition) is 0. The van der Waals surface area contributed by atoms with Gasteiger partial charge in [0.05, 0.1) is 0 Å². The molecule has 0 radical (unpaired) electrons. The molecular formula is C19H24. The van der Waals surface area contributed by atoms with E-state index in [9.17, 15) is 0 Å². The minimum absolute atomic E-state index is 0.185. The Bertz CT molecular complexity index is 566. The number of allylic oxidation sites excluding steroid dienone is 4. The van der Waals surface area contributed by atoms with Gasteiger partial charge in [-0.25, -0.2) is 0 Å². The van der Waals surface area contributed by atoms with E-state index in [-0.39, 0.29) is 10.8 Å². The van der Waals surface area contributed by atoms with Crippen LogP contribution in [0.25, 0.3) is 0 Å². The molecule has 3 aliphatic carbocycles. The van der Waals surface area contributed by atoms with Gasteiger partial charge in [0.2, 0.25) is 0 Å². The normalized spacial score (nSPS) is 29.3. The first-order valence-electron chi connectivity index (χ1n) is 7.44. The summed E-state index contributed by atoms with van der Waals surface area (Å²) in [5.41, 5.74) is 6.83. The van der Waals surface area contributed by atoms with Crippen molar-refractivity contribution in [2.75, 3.05) is 0 Å². The molecule has 0 N–H and O–H groups in total. The average Bonchev–Trinajstić information content (AvgIpc) is 2.91. The van der Waals surface area contributed by atoms with Crippen molar-refractivity contribution in [3.05, 3.63) is 58.7 Å². The van der Waals surface area contributed by atoms with E-state index in [4.69, 9.17) is 0 Å². The maximum atomic E-state index is 2.53. The molecule has 0 amide bonds. The lowest BCUT2D eigenvalue weighted by Gasteiger charge is -2.48. The fourth-order valence-corrected chi connectivity index (χ4v) is 4.03. The Hall–Kier alpha value is -1.30. The molecule has 0 saturated carbocycles. The fourth-order valence-electron chi connectivity index (χ4n) is 4.03. The molecule has 3 aliphatic rings. The molecule has 19 heavy (non-hydrogen) atoms. The number of rotatable bonds is 2. The van der Waals surface area contributed by atoms with Crippen molar-refractivity contribution in [1.82, 2.24) is 0 Å². The van der Waals surface area contributed by atoms with Crippen LogP contribution in [0.15, 0.2) is 53.1 Å². The highest BCUT2D eigenvalue weighted by Crippen LogP contribution is 2.65. The van der Waals surface area contributed by atoms with E-state index in [2.05, 4.69) is 71.0 Å². The van der Waals surface area contributed by atoms with Gasteiger partial charge in [-0.2, -0.15) is 0 Å². The molecule has 2 unspecified atom stereocenters. The molecular weight excluding hydrogens is 228 g/mol. The van der Waals surface area contributed by atoms with Crippen LogP contribution >= 0.6 is 0 Å². The Morgan fingerprint density at radius 1 is 1.11 bits per heavy atom. The zero-order valence-corrected chi connectivity index (χ0v) is 12.7. The number of fused-ring (bicyclic) bond motifs is 1. The molecule has 0 saturated heterocycles. The minimum Gasteiger partial charge on any atom is -0.0725 e. The van der Waals surface area contributed by atoms with Gasteiger partial charge in [0.1, 0.15) is 0 Å². The first kappa shape index (κ1) is 12.7. The highest BCUT2D eigenvalue weighted by molar-refractivity contribution is 5.72. The molecule has 100 valence electrons. The Kier molecular flexibility index (Phi) is 2.58. The summed E-state index contributed by atoms with van der Waals surface area (Å²) in [6.07, 6.45) is 3.75. The lowest BCUT2D eigenvalue weighted by molar-refractivity contribution is 0.432. The van der Waals surface area contributed by atoms with Gasteiger partial charge in [0.25, 0.3) is 0 Å². The van der Waals surface area contributed by atoms with Crippen LogP contribution in [-0.4, -0.2) is 0 Å². The zero-order chi connectivity index (χ0) is 13.8. The van der Waals surface area contributed by atoms with Gasteiger partial charge in [0.15, 0.2) is 0 Å². The van der Waals surface area contributed by atoms with E-state index < -0.39 is 0 Å². The molecule has 0 spiro atoms. The van der Waals surface area contributed by atoms with Crippen molar-refractivity contribution < 1.29 is 0 Å². The summed E-state index contributed by atoms with van der Waals surface area (Å²) in [5, 5.41) is 0. The van der Waals surface area contributed by atoms with Crippen molar-refractivity contribution in [2.24, 2.45) is 11.3 Å². The zero-order valence-electron chi connectivity index (χ0n) is 12.7. The van der Waals surface area contributed by atoms with Crippen molar-refractivity contribution in [3.63, 3.8) is 0 Å². The van der Waals surface area contributed by atoms with E-state index in [0.717, 1.165) is 0 Å². The van der Waals surface area contributed by atoms with Crippen molar-refractivity contribution >= 4 is 0 Å². The molecule has 4 rings (SSSR count). The third kappa shape index (κ3) is 1.52. The Labute approximate surface area is 117 Å². The minimum atomic E-state index is 0.185. The highest BCUT2D eigenvalue weighted by atomic mass is 14.6. The average molecular weight is 252 g/mol. The van der Waals surface area contributed by atoms with Gasteiger partial charge < -0.3 is 0 Å². The summed E-state index contributed by atoms with van der Waals surface area (Å²) in [6, 6.07) is 11.0. The molecule has 0 nitrogen and oxygen atoms in total. The fraction of sp³-hybridized carbons (Fsp3) is 0.474. The van der Waals surface area contributed by atoms with Gasteiger partial charge in [-0.05, 0) is 47.0 Å². The van der Waals surface area contributed by atoms with Gasteiger partial charge in [0, 0.05) is 5.41 Å². The summed E-state index contributed by atoms with van der Waals surface area (Å²) < 4.78 is 0. The second-order valence-electron chi connectivity index (χ2n) is 7.12. The highest BCUT2D eigenvalue weighted by Gasteiger charge is 2.55. The van der Waals surface area contributed by atoms with Crippen LogP contribution in [0.2, 0.25) is 0 Å². The summed E-state index contributed by atoms with van der Waals surface area (Å²) in [5.74, 6) is 0.662. The van der Waals surface area contributed by atoms with E-state index in [0.29, 0.717) is 5.92 Å². The smallest absolute Gasteiger partial charge is 0.0394 e. The summed E-state index contributed by atoms with van der Waals surface area (Å²) >= 11 is 0. The van der Waals surface area contributed by atoms with Crippen LogP contribution in [0.5, 0.6) is 0 Å². The molecule has 2 bridgehead atoms. The van der Waals surface area contributed by atoms with Crippen LogP contribution in [0.1, 0.15) is 46.6 Å². The molecule has 1 aromatic carbocycles. The topological polar surface area (TPSA) is 0 Å². The number of hydrogen-bond donors (Lipinski definition) is 0. The summed E-state index contributed by atoms with van der Waals surface area (Å²) in [4.78, 5) is 0. The van der Waals surface area contributed by atoms with Gasteiger partial charge in [-0.3, -0.25) is 0 Å². The monoisotopic (exact) mass is 252 g/mol. The van der Waals surface area contributed by atoms with Crippen LogP contribution in [0.3, 0.4) is 0 Å². The molecule has 0 aromatic heterocycles. The van der Waals surface area contributed by atoms with Gasteiger partial charge >= 0.3 is 0 Å². The number of benzene rings is 1. The Morgan fingerprint density at radius 3 is 2.21 bits per heavy atom. The van der Waals surface area contributed by atoms with Crippen LogP contribution in [-0.2, 0) is 5.41 Å². The SMILES string of the molecule is CCC1C=C2C(C(C)(C)C)=C1C2(C)c1ccccc1. The van der Waals surface area contributed by atoms with Crippen molar-refractivity contribution in [2.45, 2.75) is 46.5 Å². The first-order chi connectivity index (χ1) is 8.90. The largest absolute Gasteiger partial charge is 0.0725 e. The predicted octanol–water partition coefficient (Wildman–Crippen LogP) is 5.27. The van der Waals surface area contributed by atoms with E-state index in [1.807, 2.05) is 0 Å².